The molecule has 0 saturated carbocycles. The van der Waals surface area contributed by atoms with Gasteiger partial charge in [-0.15, -0.1) is 0 Å². The highest BCUT2D eigenvalue weighted by atomic mass is 16.3. The van der Waals surface area contributed by atoms with Crippen LogP contribution in [0.2, 0.25) is 0 Å². The van der Waals surface area contributed by atoms with Crippen LogP contribution in [0.15, 0.2) is 17.1 Å². The molecule has 1 rings (SSSR count). The maximum absolute atomic E-state index is 11.0. The van der Waals surface area contributed by atoms with E-state index in [1.807, 2.05) is 0 Å². The van der Waals surface area contributed by atoms with Gasteiger partial charge in [0.1, 0.15) is 5.82 Å². The molecule has 0 spiro atoms. The highest BCUT2D eigenvalue weighted by molar-refractivity contribution is 5.23. The minimum Gasteiger partial charge on any atom is -0.396 e. The van der Waals surface area contributed by atoms with Crippen LogP contribution in [0.3, 0.4) is 0 Å². The van der Waals surface area contributed by atoms with Gasteiger partial charge >= 0.3 is 5.69 Å². The van der Waals surface area contributed by atoms with E-state index in [1.165, 1.54) is 4.57 Å². The van der Waals surface area contributed by atoms with E-state index in [0.29, 0.717) is 13.0 Å². The van der Waals surface area contributed by atoms with Crippen molar-refractivity contribution in [3.05, 3.63) is 22.7 Å². The zero-order valence-corrected chi connectivity index (χ0v) is 6.60. The monoisotopic (exact) mass is 169 g/mol. The summed E-state index contributed by atoms with van der Waals surface area (Å²) in [7, 11) is 0. The topological polar surface area (TPSA) is 81.1 Å². The molecular weight excluding hydrogens is 158 g/mol. The van der Waals surface area contributed by atoms with Crippen molar-refractivity contribution < 1.29 is 5.11 Å². The third-order valence-electron chi connectivity index (χ3n) is 1.45. The highest BCUT2D eigenvalue weighted by Crippen LogP contribution is 1.90. The lowest BCUT2D eigenvalue weighted by atomic mass is 10.4. The number of nitrogens with two attached hydrogens (primary N) is 1. The van der Waals surface area contributed by atoms with Crippen molar-refractivity contribution in [3.8, 4) is 0 Å². The van der Waals surface area contributed by atoms with Crippen LogP contribution in [0.4, 0.5) is 5.82 Å². The number of aliphatic hydroxyl groups is 1. The SMILES string of the molecule is Nc1ccn(CCCO)c(=O)n1. The van der Waals surface area contributed by atoms with Crippen LogP contribution >= 0.6 is 0 Å². The van der Waals surface area contributed by atoms with Crippen molar-refractivity contribution in [2.75, 3.05) is 12.3 Å². The summed E-state index contributed by atoms with van der Waals surface area (Å²) in [5.74, 6) is 0.222. The van der Waals surface area contributed by atoms with Gasteiger partial charge in [-0.05, 0) is 12.5 Å². The van der Waals surface area contributed by atoms with Crippen LogP contribution < -0.4 is 11.4 Å². The molecule has 0 fully saturated rings. The van der Waals surface area contributed by atoms with Gasteiger partial charge in [-0.2, -0.15) is 4.98 Å². The Labute approximate surface area is 69.5 Å². The van der Waals surface area contributed by atoms with Crippen LogP contribution in [-0.2, 0) is 6.54 Å². The average Bonchev–Trinajstić information content (AvgIpc) is 2.03. The molecule has 0 atom stereocenters. The normalized spacial score (nSPS) is 10.1. The molecule has 0 bridgehead atoms. The number of aliphatic hydroxyl groups excluding tert-OH is 1. The minimum atomic E-state index is -0.372. The van der Waals surface area contributed by atoms with Gasteiger partial charge in [0.15, 0.2) is 0 Å². The van der Waals surface area contributed by atoms with Crippen LogP contribution in [0.5, 0.6) is 0 Å². The van der Waals surface area contributed by atoms with Gasteiger partial charge in [0.2, 0.25) is 0 Å². The number of aromatic nitrogens is 2. The number of anilines is 1. The molecule has 1 aromatic heterocycles. The molecule has 0 amide bonds. The molecule has 0 radical (unpaired) electrons. The summed E-state index contributed by atoms with van der Waals surface area (Å²) in [6.45, 7) is 0.541. The van der Waals surface area contributed by atoms with Crippen LogP contribution in [0.1, 0.15) is 6.42 Å². The first-order chi connectivity index (χ1) is 5.74. The fourth-order valence-electron chi connectivity index (χ4n) is 0.853. The fourth-order valence-corrected chi connectivity index (χ4v) is 0.853. The lowest BCUT2D eigenvalue weighted by Gasteiger charge is -2.01. The molecule has 0 aliphatic heterocycles. The largest absolute Gasteiger partial charge is 0.396 e. The predicted octanol–water partition coefficient (Wildman–Crippen LogP) is -0.792. The van der Waals surface area contributed by atoms with Gasteiger partial charge in [0.05, 0.1) is 0 Å². The van der Waals surface area contributed by atoms with Gasteiger partial charge in [-0.1, -0.05) is 0 Å². The summed E-state index contributed by atoms with van der Waals surface area (Å²) in [5.41, 5.74) is 4.91. The molecule has 0 aliphatic rings. The summed E-state index contributed by atoms with van der Waals surface area (Å²) in [5, 5.41) is 8.51. The van der Waals surface area contributed by atoms with E-state index >= 15 is 0 Å². The Morgan fingerprint density at radius 2 is 2.42 bits per heavy atom. The Hall–Kier alpha value is -1.36. The molecule has 1 heterocycles. The second-order valence-corrected chi connectivity index (χ2v) is 2.41. The maximum Gasteiger partial charge on any atom is 0.349 e. The summed E-state index contributed by atoms with van der Waals surface area (Å²) in [6, 6.07) is 1.55. The third kappa shape index (κ3) is 2.06. The van der Waals surface area contributed by atoms with E-state index in [1.54, 1.807) is 12.3 Å². The molecule has 3 N–H and O–H groups in total. The number of hydrogen-bond donors (Lipinski definition) is 2. The average molecular weight is 169 g/mol. The summed E-state index contributed by atoms with van der Waals surface area (Å²) in [6.07, 6.45) is 2.12. The first kappa shape index (κ1) is 8.73. The van der Waals surface area contributed by atoms with Gasteiger partial charge in [-0.25, -0.2) is 4.79 Å². The summed E-state index contributed by atoms with van der Waals surface area (Å²) >= 11 is 0. The molecule has 1 aromatic rings. The number of hydrogen-bond acceptors (Lipinski definition) is 4. The van der Waals surface area contributed by atoms with E-state index in [-0.39, 0.29) is 18.1 Å². The predicted molar refractivity (Wildman–Crippen MR) is 44.6 cm³/mol. The number of aryl methyl sites for hydroxylation is 1. The standard InChI is InChI=1S/C7H11N3O2/c8-6-2-4-10(3-1-5-11)7(12)9-6/h2,4,11H,1,3,5H2,(H2,8,9,12). The Morgan fingerprint density at radius 1 is 1.67 bits per heavy atom. The summed E-state index contributed by atoms with van der Waals surface area (Å²) < 4.78 is 1.41. The van der Waals surface area contributed by atoms with E-state index in [9.17, 15) is 4.79 Å². The Morgan fingerprint density at radius 3 is 3.00 bits per heavy atom. The van der Waals surface area contributed by atoms with Gasteiger partial charge < -0.3 is 10.8 Å². The van der Waals surface area contributed by atoms with Gasteiger partial charge in [-0.3, -0.25) is 4.57 Å². The van der Waals surface area contributed by atoms with Crippen LogP contribution in [-0.4, -0.2) is 21.3 Å². The van der Waals surface area contributed by atoms with Crippen LogP contribution in [0.25, 0.3) is 0 Å². The van der Waals surface area contributed by atoms with Gasteiger partial charge in [0, 0.05) is 19.3 Å². The van der Waals surface area contributed by atoms with E-state index < -0.39 is 0 Å². The second-order valence-electron chi connectivity index (χ2n) is 2.41. The molecule has 5 heteroatoms. The lowest BCUT2D eigenvalue weighted by molar-refractivity contribution is 0.278. The van der Waals surface area contributed by atoms with E-state index in [0.717, 1.165) is 0 Å². The molecule has 0 saturated heterocycles. The van der Waals surface area contributed by atoms with E-state index in [2.05, 4.69) is 4.98 Å². The highest BCUT2D eigenvalue weighted by Gasteiger charge is 1.95. The van der Waals surface area contributed by atoms with Crippen molar-refractivity contribution in [1.82, 2.24) is 9.55 Å². The van der Waals surface area contributed by atoms with Crippen molar-refractivity contribution in [2.24, 2.45) is 0 Å². The van der Waals surface area contributed by atoms with E-state index in [4.69, 9.17) is 10.8 Å². The molecule has 66 valence electrons. The molecule has 0 aromatic carbocycles. The smallest absolute Gasteiger partial charge is 0.349 e. The first-order valence-corrected chi connectivity index (χ1v) is 3.68. The zero-order chi connectivity index (χ0) is 8.97. The van der Waals surface area contributed by atoms with Crippen molar-refractivity contribution in [3.63, 3.8) is 0 Å². The maximum atomic E-state index is 11.0. The third-order valence-corrected chi connectivity index (χ3v) is 1.45. The number of rotatable bonds is 3. The number of nitrogen functional groups attached to an aromatic ring is 1. The Balaban J connectivity index is 2.80. The fraction of sp³-hybridized carbons (Fsp3) is 0.429. The molecular formula is C7H11N3O2. The van der Waals surface area contributed by atoms with Crippen molar-refractivity contribution >= 4 is 5.82 Å². The van der Waals surface area contributed by atoms with Crippen molar-refractivity contribution in [1.29, 1.82) is 0 Å². The minimum absolute atomic E-state index is 0.0663. The quantitative estimate of drug-likeness (QED) is 0.621. The molecule has 12 heavy (non-hydrogen) atoms. The molecule has 0 aliphatic carbocycles. The lowest BCUT2D eigenvalue weighted by Crippen LogP contribution is -2.23. The summed E-state index contributed by atoms with van der Waals surface area (Å²) in [4.78, 5) is 14.6. The Kier molecular flexibility index (Phi) is 2.82. The first-order valence-electron chi connectivity index (χ1n) is 3.68. The van der Waals surface area contributed by atoms with Gasteiger partial charge in [0.25, 0.3) is 0 Å². The van der Waals surface area contributed by atoms with Crippen molar-refractivity contribution in [2.45, 2.75) is 13.0 Å². The molecule has 0 unspecified atom stereocenters. The second kappa shape index (κ2) is 3.87. The number of nitrogens with zero attached hydrogens (tertiary/aromatic N) is 2. The van der Waals surface area contributed by atoms with Crippen LogP contribution in [0, 0.1) is 0 Å². The zero-order valence-electron chi connectivity index (χ0n) is 6.60. The Bertz CT molecular complexity index is 308. The molecule has 5 nitrogen and oxygen atoms in total.